The minimum absolute atomic E-state index is 0.0236. The second-order valence-corrected chi connectivity index (χ2v) is 8.54. The quantitative estimate of drug-likeness (QED) is 0.380. The molecule has 0 unspecified atom stereocenters. The van der Waals surface area contributed by atoms with Gasteiger partial charge in [0.1, 0.15) is 5.76 Å². The van der Waals surface area contributed by atoms with Gasteiger partial charge in [-0.05, 0) is 54.8 Å². The molecule has 0 spiro atoms. The van der Waals surface area contributed by atoms with Crippen LogP contribution in [0, 0.1) is 0 Å². The Kier molecular flexibility index (Phi) is 6.07. The number of likely N-dealkylation sites (tertiary alicyclic amines) is 1. The lowest BCUT2D eigenvalue weighted by atomic mass is 9.95. The van der Waals surface area contributed by atoms with E-state index < -0.39 is 17.7 Å². The van der Waals surface area contributed by atoms with Gasteiger partial charge in [-0.15, -0.1) is 0 Å². The third kappa shape index (κ3) is 3.95. The van der Waals surface area contributed by atoms with Crippen molar-refractivity contribution in [1.29, 1.82) is 0 Å². The van der Waals surface area contributed by atoms with Crippen LogP contribution >= 0.6 is 34.8 Å². The molecule has 0 radical (unpaired) electrons. The van der Waals surface area contributed by atoms with Crippen LogP contribution in [0.25, 0.3) is 5.76 Å². The van der Waals surface area contributed by atoms with Gasteiger partial charge < -0.3 is 14.7 Å². The molecular weight excluding hydrogens is 449 g/mol. The van der Waals surface area contributed by atoms with Crippen LogP contribution in [-0.4, -0.2) is 41.0 Å². The number of hydrogen-bond donors (Lipinski definition) is 1. The minimum Gasteiger partial charge on any atom is -0.507 e. The molecule has 0 saturated carbocycles. The summed E-state index contributed by atoms with van der Waals surface area (Å²) in [5, 5.41) is 12.2. The van der Waals surface area contributed by atoms with Crippen LogP contribution in [0.1, 0.15) is 30.0 Å². The van der Waals surface area contributed by atoms with E-state index in [2.05, 4.69) is 0 Å². The summed E-state index contributed by atoms with van der Waals surface area (Å²) in [6.45, 7) is 0.845. The number of ether oxygens (including phenoxy) is 1. The smallest absolute Gasteiger partial charge is 0.295 e. The van der Waals surface area contributed by atoms with Crippen LogP contribution in [0.15, 0.2) is 48.0 Å². The molecule has 2 saturated heterocycles. The Morgan fingerprint density at radius 2 is 1.77 bits per heavy atom. The standard InChI is InChI=1S/C22H18Cl3NO4/c23-13-5-3-12(4-6-13)20(27)18-19(16-8-7-14(24)10-17(16)25)26(22(29)21(18)28)11-15-2-1-9-30-15/h3-8,10,15,19,27H,1-2,9,11H2/b20-18+/t15-,19+/m0/s1. The van der Waals surface area contributed by atoms with Crippen molar-refractivity contribution in [2.45, 2.75) is 25.0 Å². The molecular formula is C22H18Cl3NO4. The Hall–Kier alpha value is -2.05. The number of ketones is 1. The van der Waals surface area contributed by atoms with Gasteiger partial charge in [-0.2, -0.15) is 0 Å². The van der Waals surface area contributed by atoms with E-state index in [1.54, 1.807) is 42.5 Å². The highest BCUT2D eigenvalue weighted by atomic mass is 35.5. The molecule has 30 heavy (non-hydrogen) atoms. The summed E-state index contributed by atoms with van der Waals surface area (Å²) in [4.78, 5) is 27.4. The van der Waals surface area contributed by atoms with E-state index in [1.807, 2.05) is 0 Å². The number of hydrogen-bond acceptors (Lipinski definition) is 4. The van der Waals surface area contributed by atoms with Crippen LogP contribution in [0.2, 0.25) is 15.1 Å². The fourth-order valence-corrected chi connectivity index (χ4v) is 4.52. The summed E-state index contributed by atoms with van der Waals surface area (Å²) in [5.74, 6) is -1.75. The number of amides is 1. The number of carbonyl (C=O) groups is 2. The number of Topliss-reactive ketones (excluding diaryl/α,β-unsaturated/α-hetero) is 1. The molecule has 2 heterocycles. The average molecular weight is 467 g/mol. The number of aliphatic hydroxyl groups is 1. The number of rotatable bonds is 4. The topological polar surface area (TPSA) is 66.8 Å². The van der Waals surface area contributed by atoms with E-state index in [4.69, 9.17) is 39.5 Å². The van der Waals surface area contributed by atoms with Crippen LogP contribution in [0.5, 0.6) is 0 Å². The van der Waals surface area contributed by atoms with Gasteiger partial charge in [0.05, 0.1) is 17.7 Å². The predicted molar refractivity (Wildman–Crippen MR) is 116 cm³/mol. The Labute approximate surface area is 188 Å². The lowest BCUT2D eigenvalue weighted by Gasteiger charge is -2.28. The van der Waals surface area contributed by atoms with Crippen LogP contribution in [-0.2, 0) is 14.3 Å². The van der Waals surface area contributed by atoms with E-state index in [1.165, 1.54) is 4.90 Å². The summed E-state index contributed by atoms with van der Waals surface area (Å²) in [6, 6.07) is 10.4. The van der Waals surface area contributed by atoms with Crippen molar-refractivity contribution < 1.29 is 19.4 Å². The van der Waals surface area contributed by atoms with Crippen molar-refractivity contribution in [2.24, 2.45) is 0 Å². The Balaban J connectivity index is 1.85. The molecule has 0 aromatic heterocycles. The summed E-state index contributed by atoms with van der Waals surface area (Å²) >= 11 is 18.4. The highest BCUT2D eigenvalue weighted by Crippen LogP contribution is 2.43. The van der Waals surface area contributed by atoms with E-state index in [0.717, 1.165) is 12.8 Å². The number of aliphatic hydroxyl groups excluding tert-OH is 1. The molecule has 0 bridgehead atoms. The molecule has 1 N–H and O–H groups in total. The zero-order valence-corrected chi connectivity index (χ0v) is 18.0. The van der Waals surface area contributed by atoms with Crippen molar-refractivity contribution >= 4 is 52.3 Å². The summed E-state index contributed by atoms with van der Waals surface area (Å²) < 4.78 is 5.67. The lowest BCUT2D eigenvalue weighted by Crippen LogP contribution is -2.36. The molecule has 2 aliphatic heterocycles. The van der Waals surface area contributed by atoms with Crippen LogP contribution in [0.3, 0.4) is 0 Å². The van der Waals surface area contributed by atoms with E-state index in [0.29, 0.717) is 32.8 Å². The van der Waals surface area contributed by atoms with Crippen molar-refractivity contribution in [1.82, 2.24) is 4.90 Å². The highest BCUT2D eigenvalue weighted by Gasteiger charge is 2.47. The summed E-state index contributed by atoms with van der Waals surface area (Å²) in [6.07, 6.45) is 1.51. The predicted octanol–water partition coefficient (Wildman–Crippen LogP) is 5.25. The summed E-state index contributed by atoms with van der Waals surface area (Å²) in [5.41, 5.74) is 0.864. The monoisotopic (exact) mass is 465 g/mol. The molecule has 0 aliphatic carbocycles. The molecule has 156 valence electrons. The third-order valence-corrected chi connectivity index (χ3v) is 6.15. The largest absolute Gasteiger partial charge is 0.507 e. The highest BCUT2D eigenvalue weighted by molar-refractivity contribution is 6.47. The van der Waals surface area contributed by atoms with Gasteiger partial charge in [-0.1, -0.05) is 40.9 Å². The maximum atomic E-state index is 13.0. The number of carbonyl (C=O) groups excluding carboxylic acids is 2. The first-order valence-electron chi connectivity index (χ1n) is 9.47. The molecule has 4 rings (SSSR count). The van der Waals surface area contributed by atoms with Crippen molar-refractivity contribution in [3.05, 3.63) is 74.2 Å². The molecule has 1 amide bonds. The number of halogens is 3. The second kappa shape index (κ2) is 8.60. The van der Waals surface area contributed by atoms with Crippen LogP contribution in [0.4, 0.5) is 0 Å². The zero-order valence-electron chi connectivity index (χ0n) is 15.8. The average Bonchev–Trinajstić information content (AvgIpc) is 3.31. The van der Waals surface area contributed by atoms with E-state index in [-0.39, 0.29) is 24.0 Å². The Bertz CT molecular complexity index is 1030. The van der Waals surface area contributed by atoms with Crippen molar-refractivity contribution in [3.8, 4) is 0 Å². The SMILES string of the molecule is O=C1C(=O)N(C[C@@H]2CCCO2)[C@H](c2ccc(Cl)cc2Cl)/C1=C(\O)c1ccc(Cl)cc1. The van der Waals surface area contributed by atoms with Gasteiger partial charge >= 0.3 is 0 Å². The van der Waals surface area contributed by atoms with E-state index >= 15 is 0 Å². The lowest BCUT2D eigenvalue weighted by molar-refractivity contribution is -0.140. The first-order chi connectivity index (χ1) is 14.4. The van der Waals surface area contributed by atoms with E-state index in [9.17, 15) is 14.7 Å². The van der Waals surface area contributed by atoms with Gasteiger partial charge in [-0.3, -0.25) is 9.59 Å². The van der Waals surface area contributed by atoms with Crippen LogP contribution < -0.4 is 0 Å². The fourth-order valence-electron chi connectivity index (χ4n) is 3.89. The summed E-state index contributed by atoms with van der Waals surface area (Å²) in [7, 11) is 0. The van der Waals surface area contributed by atoms with Crippen molar-refractivity contribution in [2.75, 3.05) is 13.2 Å². The molecule has 2 aromatic carbocycles. The second-order valence-electron chi connectivity index (χ2n) is 7.26. The number of nitrogens with zero attached hydrogens (tertiary/aromatic N) is 1. The first kappa shape index (κ1) is 21.2. The van der Waals surface area contributed by atoms with Gasteiger partial charge in [0, 0.05) is 33.8 Å². The van der Waals surface area contributed by atoms with Gasteiger partial charge in [-0.25, -0.2) is 0 Å². The van der Waals surface area contributed by atoms with Gasteiger partial charge in [0.25, 0.3) is 11.7 Å². The molecule has 2 atom stereocenters. The Morgan fingerprint density at radius 3 is 2.40 bits per heavy atom. The van der Waals surface area contributed by atoms with Gasteiger partial charge in [0.15, 0.2) is 0 Å². The molecule has 2 fully saturated rings. The first-order valence-corrected chi connectivity index (χ1v) is 10.6. The molecule has 2 aliphatic rings. The normalized spacial score (nSPS) is 23.4. The maximum absolute atomic E-state index is 13.0. The fraction of sp³-hybridized carbons (Fsp3) is 0.273. The van der Waals surface area contributed by atoms with Crippen molar-refractivity contribution in [3.63, 3.8) is 0 Å². The molecule has 8 heteroatoms. The zero-order chi connectivity index (χ0) is 21.4. The maximum Gasteiger partial charge on any atom is 0.295 e. The minimum atomic E-state index is -0.852. The number of benzene rings is 2. The van der Waals surface area contributed by atoms with Gasteiger partial charge in [0.2, 0.25) is 0 Å². The molecule has 5 nitrogen and oxygen atoms in total. The molecule has 2 aromatic rings. The third-order valence-electron chi connectivity index (χ3n) is 5.34. The Morgan fingerprint density at radius 1 is 1.07 bits per heavy atom.